The summed E-state index contributed by atoms with van der Waals surface area (Å²) in [5.41, 5.74) is 1.04. The molecule has 3 rings (SSSR count). The first-order valence-electron chi connectivity index (χ1n) is 7.99. The lowest BCUT2D eigenvalue weighted by Gasteiger charge is -2.16. The SMILES string of the molecule is Cc1ccsc1CN(C)C(=O)Cn1nc2n(c1=O)CCCCC2. The minimum Gasteiger partial charge on any atom is -0.339 e. The lowest BCUT2D eigenvalue weighted by Crippen LogP contribution is -2.34. The van der Waals surface area contributed by atoms with Gasteiger partial charge in [0.2, 0.25) is 5.91 Å². The van der Waals surface area contributed by atoms with Crippen LogP contribution in [0.4, 0.5) is 0 Å². The number of amides is 1. The number of hydrogen-bond acceptors (Lipinski definition) is 4. The number of fused-ring (bicyclic) bond motifs is 1. The maximum atomic E-state index is 12.4. The smallest absolute Gasteiger partial charge is 0.339 e. The molecule has 2 aromatic heterocycles. The van der Waals surface area contributed by atoms with Crippen LogP contribution in [0.5, 0.6) is 0 Å². The van der Waals surface area contributed by atoms with Crippen molar-refractivity contribution in [2.24, 2.45) is 0 Å². The average molecular weight is 334 g/mol. The third-order valence-electron chi connectivity index (χ3n) is 4.34. The number of rotatable bonds is 4. The fourth-order valence-corrected chi connectivity index (χ4v) is 3.81. The molecule has 0 spiro atoms. The number of hydrogen-bond donors (Lipinski definition) is 0. The van der Waals surface area contributed by atoms with E-state index in [1.54, 1.807) is 27.9 Å². The molecule has 23 heavy (non-hydrogen) atoms. The number of aromatic nitrogens is 3. The highest BCUT2D eigenvalue weighted by Gasteiger charge is 2.19. The Morgan fingerprint density at radius 1 is 1.39 bits per heavy atom. The first-order valence-corrected chi connectivity index (χ1v) is 8.87. The maximum absolute atomic E-state index is 12.4. The molecule has 2 aromatic rings. The van der Waals surface area contributed by atoms with Gasteiger partial charge in [0.25, 0.3) is 0 Å². The molecule has 1 aliphatic heterocycles. The van der Waals surface area contributed by atoms with Gasteiger partial charge >= 0.3 is 5.69 Å². The van der Waals surface area contributed by atoms with E-state index in [9.17, 15) is 9.59 Å². The van der Waals surface area contributed by atoms with E-state index in [1.165, 1.54) is 15.1 Å². The van der Waals surface area contributed by atoms with Gasteiger partial charge in [-0.2, -0.15) is 5.10 Å². The molecule has 0 atom stereocenters. The summed E-state index contributed by atoms with van der Waals surface area (Å²) in [6.45, 7) is 3.35. The highest BCUT2D eigenvalue weighted by Crippen LogP contribution is 2.17. The molecule has 0 radical (unpaired) electrons. The molecule has 7 heteroatoms. The Hall–Kier alpha value is -1.89. The van der Waals surface area contributed by atoms with E-state index in [1.807, 2.05) is 12.3 Å². The zero-order valence-corrected chi connectivity index (χ0v) is 14.4. The molecule has 0 saturated carbocycles. The predicted octanol–water partition coefficient (Wildman–Crippen LogP) is 1.80. The van der Waals surface area contributed by atoms with Crippen LogP contribution in [0.3, 0.4) is 0 Å². The van der Waals surface area contributed by atoms with Crippen molar-refractivity contribution in [1.82, 2.24) is 19.2 Å². The Balaban J connectivity index is 1.70. The van der Waals surface area contributed by atoms with Crippen molar-refractivity contribution in [3.05, 3.63) is 38.2 Å². The van der Waals surface area contributed by atoms with E-state index in [-0.39, 0.29) is 18.1 Å². The van der Waals surface area contributed by atoms with Crippen LogP contribution in [0.2, 0.25) is 0 Å². The molecule has 0 bridgehead atoms. The number of likely N-dealkylation sites (N-methyl/N-ethyl adjacent to an activating group) is 1. The Morgan fingerprint density at radius 2 is 2.22 bits per heavy atom. The topological polar surface area (TPSA) is 60.1 Å². The first kappa shape index (κ1) is 16.0. The zero-order valence-electron chi connectivity index (χ0n) is 13.6. The van der Waals surface area contributed by atoms with Gasteiger partial charge < -0.3 is 4.90 Å². The summed E-state index contributed by atoms with van der Waals surface area (Å²) in [6, 6.07) is 2.05. The van der Waals surface area contributed by atoms with Gasteiger partial charge in [-0.1, -0.05) is 6.42 Å². The monoisotopic (exact) mass is 334 g/mol. The van der Waals surface area contributed by atoms with Gasteiger partial charge in [-0.05, 0) is 36.8 Å². The molecule has 0 N–H and O–H groups in total. The lowest BCUT2D eigenvalue weighted by molar-refractivity contribution is -0.131. The lowest BCUT2D eigenvalue weighted by atomic mass is 10.2. The van der Waals surface area contributed by atoms with Gasteiger partial charge in [-0.25, -0.2) is 9.48 Å². The maximum Gasteiger partial charge on any atom is 0.346 e. The van der Waals surface area contributed by atoms with E-state index < -0.39 is 0 Å². The van der Waals surface area contributed by atoms with Crippen LogP contribution in [0, 0.1) is 6.92 Å². The summed E-state index contributed by atoms with van der Waals surface area (Å²) in [6.07, 6.45) is 4.01. The molecule has 0 unspecified atom stereocenters. The fourth-order valence-electron chi connectivity index (χ4n) is 2.85. The number of carbonyl (C=O) groups is 1. The molecular formula is C16H22N4O2S. The summed E-state index contributed by atoms with van der Waals surface area (Å²) in [7, 11) is 1.77. The van der Waals surface area contributed by atoms with Crippen LogP contribution >= 0.6 is 11.3 Å². The third kappa shape index (κ3) is 3.39. The number of carbonyl (C=O) groups excluding carboxylic acids is 1. The van der Waals surface area contributed by atoms with Gasteiger partial charge in [0.15, 0.2) is 0 Å². The van der Waals surface area contributed by atoms with Crippen LogP contribution < -0.4 is 5.69 Å². The van der Waals surface area contributed by atoms with Gasteiger partial charge in [0, 0.05) is 24.9 Å². The molecule has 0 aromatic carbocycles. The molecule has 1 amide bonds. The van der Waals surface area contributed by atoms with Crippen molar-refractivity contribution >= 4 is 17.2 Å². The predicted molar refractivity (Wildman–Crippen MR) is 89.6 cm³/mol. The van der Waals surface area contributed by atoms with Crippen molar-refractivity contribution in [2.45, 2.75) is 52.2 Å². The summed E-state index contributed by atoms with van der Waals surface area (Å²) >= 11 is 1.65. The van der Waals surface area contributed by atoms with E-state index >= 15 is 0 Å². The summed E-state index contributed by atoms with van der Waals surface area (Å²) < 4.78 is 3.05. The van der Waals surface area contributed by atoms with E-state index in [2.05, 4.69) is 11.2 Å². The van der Waals surface area contributed by atoms with Crippen LogP contribution in [-0.4, -0.2) is 32.2 Å². The second-order valence-electron chi connectivity index (χ2n) is 6.10. The highest BCUT2D eigenvalue weighted by molar-refractivity contribution is 7.10. The minimum absolute atomic E-state index is 0.0136. The molecule has 0 aliphatic carbocycles. The molecule has 0 saturated heterocycles. The van der Waals surface area contributed by atoms with Crippen LogP contribution in [0.25, 0.3) is 0 Å². The Bertz CT molecular complexity index is 758. The Morgan fingerprint density at radius 3 is 2.96 bits per heavy atom. The highest BCUT2D eigenvalue weighted by atomic mass is 32.1. The molecule has 0 fully saturated rings. The van der Waals surface area contributed by atoms with Crippen LogP contribution in [0.15, 0.2) is 16.2 Å². The number of aryl methyl sites for hydroxylation is 2. The van der Waals surface area contributed by atoms with Gasteiger partial charge in [-0.15, -0.1) is 11.3 Å². The zero-order chi connectivity index (χ0) is 16.4. The van der Waals surface area contributed by atoms with Gasteiger partial charge in [0.1, 0.15) is 12.4 Å². The standard InChI is InChI=1S/C16H22N4O2S/c1-12-7-9-23-13(12)10-18(2)15(21)11-20-16(22)19-8-5-3-4-6-14(19)17-20/h7,9H,3-6,8,10-11H2,1-2H3. The van der Waals surface area contributed by atoms with E-state index in [0.717, 1.165) is 31.5 Å². The molecule has 6 nitrogen and oxygen atoms in total. The second-order valence-corrected chi connectivity index (χ2v) is 7.10. The van der Waals surface area contributed by atoms with Crippen LogP contribution in [0.1, 0.15) is 35.5 Å². The Labute approximate surface area is 139 Å². The molecule has 1 aliphatic rings. The van der Waals surface area contributed by atoms with Gasteiger partial charge in [-0.3, -0.25) is 9.36 Å². The molecular weight excluding hydrogens is 312 g/mol. The van der Waals surface area contributed by atoms with Crippen molar-refractivity contribution in [3.8, 4) is 0 Å². The average Bonchev–Trinajstić information content (AvgIpc) is 2.95. The first-order chi connectivity index (χ1) is 11.1. The van der Waals surface area contributed by atoms with Crippen molar-refractivity contribution in [3.63, 3.8) is 0 Å². The summed E-state index contributed by atoms with van der Waals surface area (Å²) in [5, 5.41) is 6.40. The molecule has 124 valence electrons. The minimum atomic E-state index is -0.157. The Kier molecular flexibility index (Phi) is 4.66. The quantitative estimate of drug-likeness (QED) is 0.856. The third-order valence-corrected chi connectivity index (χ3v) is 5.35. The van der Waals surface area contributed by atoms with Crippen molar-refractivity contribution in [2.75, 3.05) is 7.05 Å². The molecule has 3 heterocycles. The second kappa shape index (κ2) is 6.70. The van der Waals surface area contributed by atoms with Crippen molar-refractivity contribution < 1.29 is 4.79 Å². The fraction of sp³-hybridized carbons (Fsp3) is 0.562. The normalized spacial score (nSPS) is 14.3. The van der Waals surface area contributed by atoms with E-state index in [4.69, 9.17) is 0 Å². The van der Waals surface area contributed by atoms with Gasteiger partial charge in [0.05, 0.1) is 6.54 Å². The van der Waals surface area contributed by atoms with Crippen LogP contribution in [-0.2, 0) is 30.8 Å². The largest absolute Gasteiger partial charge is 0.346 e. The number of thiophene rings is 1. The van der Waals surface area contributed by atoms with E-state index in [0.29, 0.717) is 13.1 Å². The summed E-state index contributed by atoms with van der Waals surface area (Å²) in [5.74, 6) is 0.727. The number of nitrogens with zero attached hydrogens (tertiary/aromatic N) is 4. The summed E-state index contributed by atoms with van der Waals surface area (Å²) in [4.78, 5) is 27.6. The van der Waals surface area contributed by atoms with Crippen molar-refractivity contribution in [1.29, 1.82) is 0 Å².